The van der Waals surface area contributed by atoms with E-state index in [1.165, 1.54) is 12.1 Å². The predicted octanol–water partition coefficient (Wildman–Crippen LogP) is 5.88. The Kier molecular flexibility index (Phi) is 8.23. The molecule has 0 N–H and O–H groups in total. The summed E-state index contributed by atoms with van der Waals surface area (Å²) in [6, 6.07) is 15.8. The lowest BCUT2D eigenvalue weighted by Gasteiger charge is -2.29. The molecule has 0 unspecified atom stereocenters. The number of aryl methyl sites for hydroxylation is 3. The van der Waals surface area contributed by atoms with Crippen LogP contribution in [0.2, 0.25) is 0 Å². The second-order valence-electron chi connectivity index (χ2n) is 8.65. The molecule has 4 nitrogen and oxygen atoms in total. The Bertz CT molecular complexity index is 1170. The molecule has 4 rings (SSSR count). The van der Waals surface area contributed by atoms with E-state index in [4.69, 9.17) is 19.5 Å². The third-order valence-corrected chi connectivity index (χ3v) is 6.10. The summed E-state index contributed by atoms with van der Waals surface area (Å²) in [5.74, 6) is -0.782. The molecular weight excluding hydrogens is 436 g/mol. The van der Waals surface area contributed by atoms with Gasteiger partial charge in [-0.05, 0) is 59.9 Å². The van der Waals surface area contributed by atoms with Crippen molar-refractivity contribution in [3.63, 3.8) is 0 Å². The van der Waals surface area contributed by atoms with Crippen molar-refractivity contribution in [1.29, 1.82) is 5.26 Å². The molecule has 3 aromatic carbocycles. The van der Waals surface area contributed by atoms with E-state index in [2.05, 4.69) is 6.92 Å². The number of nitriles is 1. The highest BCUT2D eigenvalue weighted by Gasteiger charge is 2.22. The zero-order valence-electron chi connectivity index (χ0n) is 19.4. The van der Waals surface area contributed by atoms with E-state index in [9.17, 15) is 4.39 Å². The van der Waals surface area contributed by atoms with E-state index in [0.29, 0.717) is 43.6 Å². The summed E-state index contributed by atoms with van der Waals surface area (Å²) in [4.78, 5) is 0. The molecule has 0 radical (unpaired) electrons. The smallest absolute Gasteiger partial charge is 0.158 e. The largest absolute Gasteiger partial charge is 0.373 e. The van der Waals surface area contributed by atoms with Gasteiger partial charge in [-0.25, -0.2) is 8.78 Å². The Labute approximate surface area is 199 Å². The molecule has 1 saturated heterocycles. The molecule has 6 heteroatoms. The van der Waals surface area contributed by atoms with Gasteiger partial charge in [0.05, 0.1) is 18.8 Å². The average molecular weight is 466 g/mol. The summed E-state index contributed by atoms with van der Waals surface area (Å²) in [6.07, 6.45) is 3.18. The number of hydrogen-bond acceptors (Lipinski definition) is 4. The molecule has 34 heavy (non-hydrogen) atoms. The first-order chi connectivity index (χ1) is 16.6. The second-order valence-corrected chi connectivity index (χ2v) is 8.65. The van der Waals surface area contributed by atoms with E-state index < -0.39 is 5.82 Å². The van der Waals surface area contributed by atoms with Crippen molar-refractivity contribution in [3.8, 4) is 6.07 Å². The summed E-state index contributed by atoms with van der Waals surface area (Å²) >= 11 is 0. The van der Waals surface area contributed by atoms with Gasteiger partial charge in [0.2, 0.25) is 0 Å². The summed E-state index contributed by atoms with van der Waals surface area (Å²) in [6.45, 7) is 3.88. The maximum atomic E-state index is 15.1. The molecule has 1 aliphatic rings. The van der Waals surface area contributed by atoms with E-state index in [1.807, 2.05) is 30.3 Å². The molecule has 1 heterocycles. The molecule has 0 spiro atoms. The van der Waals surface area contributed by atoms with Crippen LogP contribution in [0.1, 0.15) is 42.0 Å². The van der Waals surface area contributed by atoms with Gasteiger partial charge >= 0.3 is 0 Å². The molecular formula is C28H29F2NO3. The van der Waals surface area contributed by atoms with Crippen molar-refractivity contribution < 1.29 is 23.0 Å². The maximum absolute atomic E-state index is 15.1. The first-order valence-electron chi connectivity index (χ1n) is 11.8. The molecule has 0 saturated carbocycles. The Morgan fingerprint density at radius 3 is 2.47 bits per heavy atom. The highest BCUT2D eigenvalue weighted by Crippen LogP contribution is 2.25. The quantitative estimate of drug-likeness (QED) is 0.396. The number of hydrogen-bond donors (Lipinski definition) is 0. The highest BCUT2D eigenvalue weighted by atomic mass is 19.1. The maximum Gasteiger partial charge on any atom is 0.158 e. The standard InChI is InChI=1S/C28H29F2NO3/c1-2-13-32-24-17-33-27(34-18-24)12-6-19-5-11-25-22(14-19)10-9-21(28(25)30)7-3-20-4-8-23(16-31)26(29)15-20/h4-5,8-11,14-15,24,27H,2-3,6-7,12-13,17-18H2,1H3. The minimum Gasteiger partial charge on any atom is -0.373 e. The monoisotopic (exact) mass is 465 g/mol. The van der Waals surface area contributed by atoms with Gasteiger partial charge in [-0.15, -0.1) is 0 Å². The van der Waals surface area contributed by atoms with E-state index >= 15 is 4.39 Å². The molecule has 0 aliphatic carbocycles. The first-order valence-corrected chi connectivity index (χ1v) is 11.8. The lowest BCUT2D eigenvalue weighted by molar-refractivity contribution is -0.227. The van der Waals surface area contributed by atoms with Gasteiger partial charge in [-0.2, -0.15) is 5.26 Å². The van der Waals surface area contributed by atoms with Crippen LogP contribution in [0, 0.1) is 23.0 Å². The normalized spacial score (nSPS) is 18.2. The van der Waals surface area contributed by atoms with Crippen LogP contribution in [-0.2, 0) is 33.5 Å². The molecule has 0 aromatic heterocycles. The number of rotatable bonds is 9. The van der Waals surface area contributed by atoms with Gasteiger partial charge in [-0.3, -0.25) is 0 Å². The van der Waals surface area contributed by atoms with Crippen LogP contribution in [0.15, 0.2) is 48.5 Å². The van der Waals surface area contributed by atoms with Crippen LogP contribution >= 0.6 is 0 Å². The van der Waals surface area contributed by atoms with Crippen LogP contribution in [-0.4, -0.2) is 32.2 Å². The fourth-order valence-corrected chi connectivity index (χ4v) is 4.18. The Balaban J connectivity index is 1.34. The van der Waals surface area contributed by atoms with Crippen molar-refractivity contribution in [2.45, 2.75) is 51.4 Å². The minimum atomic E-state index is -0.541. The van der Waals surface area contributed by atoms with Crippen molar-refractivity contribution in [3.05, 3.63) is 82.4 Å². The SMILES string of the molecule is CCCOC1COC(CCc2ccc3c(F)c(CCc4ccc(C#N)c(F)c4)ccc3c2)OC1. The molecule has 0 atom stereocenters. The van der Waals surface area contributed by atoms with Crippen molar-refractivity contribution in [2.24, 2.45) is 0 Å². The Morgan fingerprint density at radius 2 is 1.74 bits per heavy atom. The average Bonchev–Trinajstić information content (AvgIpc) is 2.86. The topological polar surface area (TPSA) is 51.5 Å². The van der Waals surface area contributed by atoms with E-state index in [-0.39, 0.29) is 23.8 Å². The van der Waals surface area contributed by atoms with Crippen molar-refractivity contribution in [2.75, 3.05) is 19.8 Å². The van der Waals surface area contributed by atoms with Crippen molar-refractivity contribution in [1.82, 2.24) is 0 Å². The molecule has 0 amide bonds. The number of halogens is 2. The van der Waals surface area contributed by atoms with Crippen LogP contribution < -0.4 is 0 Å². The molecule has 0 bridgehead atoms. The zero-order valence-corrected chi connectivity index (χ0v) is 19.4. The van der Waals surface area contributed by atoms with Gasteiger partial charge in [0.1, 0.15) is 23.8 Å². The number of nitrogens with zero attached hydrogens (tertiary/aromatic N) is 1. The van der Waals surface area contributed by atoms with Crippen molar-refractivity contribution >= 4 is 10.8 Å². The minimum absolute atomic E-state index is 0.00461. The lowest BCUT2D eigenvalue weighted by Crippen LogP contribution is -2.37. The van der Waals surface area contributed by atoms with E-state index in [0.717, 1.165) is 35.8 Å². The predicted molar refractivity (Wildman–Crippen MR) is 126 cm³/mol. The summed E-state index contributed by atoms with van der Waals surface area (Å²) in [5.41, 5.74) is 2.45. The van der Waals surface area contributed by atoms with Crippen LogP contribution in [0.25, 0.3) is 10.8 Å². The van der Waals surface area contributed by atoms with Gasteiger partial charge in [0.15, 0.2) is 6.29 Å². The number of benzene rings is 3. The third-order valence-electron chi connectivity index (χ3n) is 6.10. The van der Waals surface area contributed by atoms with Crippen LogP contribution in [0.3, 0.4) is 0 Å². The Morgan fingerprint density at radius 1 is 0.971 bits per heavy atom. The zero-order chi connectivity index (χ0) is 23.9. The van der Waals surface area contributed by atoms with Gasteiger partial charge in [0, 0.05) is 18.4 Å². The molecule has 1 fully saturated rings. The fraction of sp³-hybridized carbons (Fsp3) is 0.393. The van der Waals surface area contributed by atoms with Gasteiger partial charge in [-0.1, -0.05) is 43.3 Å². The van der Waals surface area contributed by atoms with Gasteiger partial charge < -0.3 is 14.2 Å². The number of ether oxygens (including phenoxy) is 3. The molecule has 178 valence electrons. The Hall–Kier alpha value is -2.85. The third kappa shape index (κ3) is 5.98. The first kappa shape index (κ1) is 24.3. The fourth-order valence-electron chi connectivity index (χ4n) is 4.18. The second kappa shape index (κ2) is 11.5. The lowest BCUT2D eigenvalue weighted by atomic mass is 9.98. The summed E-state index contributed by atoms with van der Waals surface area (Å²) in [7, 11) is 0. The summed E-state index contributed by atoms with van der Waals surface area (Å²) in [5, 5.41) is 10.3. The van der Waals surface area contributed by atoms with Crippen LogP contribution in [0.5, 0.6) is 0 Å². The van der Waals surface area contributed by atoms with E-state index in [1.54, 1.807) is 12.1 Å². The molecule has 3 aromatic rings. The molecule has 1 aliphatic heterocycles. The summed E-state index contributed by atoms with van der Waals surface area (Å²) < 4.78 is 46.2. The van der Waals surface area contributed by atoms with Crippen LogP contribution in [0.4, 0.5) is 8.78 Å². The number of fused-ring (bicyclic) bond motifs is 1. The van der Waals surface area contributed by atoms with Gasteiger partial charge in [0.25, 0.3) is 0 Å². The highest BCUT2D eigenvalue weighted by molar-refractivity contribution is 5.84.